The van der Waals surface area contributed by atoms with Crippen molar-refractivity contribution in [3.63, 3.8) is 0 Å². The highest BCUT2D eigenvalue weighted by Crippen LogP contribution is 2.31. The quantitative estimate of drug-likeness (QED) is 0.662. The number of aryl methyl sites for hydroxylation is 1. The van der Waals surface area contributed by atoms with Crippen LogP contribution in [0.15, 0.2) is 18.2 Å². The number of hydrogen-bond donors (Lipinski definition) is 3. The molecule has 0 spiro atoms. The summed E-state index contributed by atoms with van der Waals surface area (Å²) in [5.74, 6) is 0. The molecule has 1 aliphatic rings. The molecule has 0 atom stereocenters. The van der Waals surface area contributed by atoms with E-state index in [0.717, 1.165) is 36.2 Å². The van der Waals surface area contributed by atoms with Crippen LogP contribution in [-0.4, -0.2) is 17.3 Å². The van der Waals surface area contributed by atoms with Crippen molar-refractivity contribution in [2.75, 3.05) is 17.6 Å². The lowest BCUT2D eigenvalue weighted by Gasteiger charge is -2.36. The van der Waals surface area contributed by atoms with E-state index in [1.54, 1.807) is 0 Å². The fourth-order valence-electron chi connectivity index (χ4n) is 1.78. The van der Waals surface area contributed by atoms with Gasteiger partial charge in [0.2, 0.25) is 0 Å². The second kappa shape index (κ2) is 3.74. The van der Waals surface area contributed by atoms with Gasteiger partial charge < -0.3 is 16.2 Å². The van der Waals surface area contributed by atoms with Gasteiger partial charge in [-0.1, -0.05) is 6.07 Å². The molecule has 0 unspecified atom stereocenters. The van der Waals surface area contributed by atoms with Crippen LogP contribution < -0.4 is 11.1 Å². The van der Waals surface area contributed by atoms with Gasteiger partial charge in [-0.05, 0) is 43.9 Å². The van der Waals surface area contributed by atoms with E-state index < -0.39 is 5.60 Å². The molecule has 1 saturated carbocycles. The van der Waals surface area contributed by atoms with Crippen molar-refractivity contribution >= 4 is 11.4 Å². The summed E-state index contributed by atoms with van der Waals surface area (Å²) in [6.45, 7) is 2.61. The van der Waals surface area contributed by atoms with Crippen molar-refractivity contribution in [1.82, 2.24) is 0 Å². The summed E-state index contributed by atoms with van der Waals surface area (Å²) in [7, 11) is 0. The van der Waals surface area contributed by atoms with Crippen LogP contribution >= 0.6 is 0 Å². The summed E-state index contributed by atoms with van der Waals surface area (Å²) in [6.07, 6.45) is 2.94. The molecule has 1 fully saturated rings. The fourth-order valence-corrected chi connectivity index (χ4v) is 1.78. The topological polar surface area (TPSA) is 58.3 Å². The number of benzene rings is 1. The van der Waals surface area contributed by atoms with E-state index in [4.69, 9.17) is 5.73 Å². The number of nitrogen functional groups attached to an aromatic ring is 1. The maximum atomic E-state index is 9.90. The summed E-state index contributed by atoms with van der Waals surface area (Å²) in [5.41, 5.74) is 8.18. The predicted molar refractivity (Wildman–Crippen MR) is 62.9 cm³/mol. The van der Waals surface area contributed by atoms with Crippen LogP contribution in [0.1, 0.15) is 24.8 Å². The van der Waals surface area contributed by atoms with Crippen LogP contribution in [-0.2, 0) is 0 Å². The van der Waals surface area contributed by atoms with E-state index in [0.29, 0.717) is 6.54 Å². The van der Waals surface area contributed by atoms with Crippen LogP contribution in [0.5, 0.6) is 0 Å². The van der Waals surface area contributed by atoms with Gasteiger partial charge in [0.25, 0.3) is 0 Å². The van der Waals surface area contributed by atoms with Crippen molar-refractivity contribution in [2.45, 2.75) is 31.8 Å². The molecule has 1 aromatic rings. The van der Waals surface area contributed by atoms with E-state index in [-0.39, 0.29) is 0 Å². The van der Waals surface area contributed by atoms with E-state index in [1.165, 1.54) is 0 Å². The molecule has 0 saturated heterocycles. The normalized spacial score (nSPS) is 18.3. The molecule has 3 heteroatoms. The maximum absolute atomic E-state index is 9.90. The number of rotatable bonds is 3. The molecule has 1 aromatic carbocycles. The molecule has 0 amide bonds. The molecule has 0 aromatic heterocycles. The molecule has 4 N–H and O–H groups in total. The standard InChI is InChI=1S/C12H18N2O/c1-9-3-4-10(7-11(9)13)14-8-12(15)5-2-6-12/h3-4,7,14-15H,2,5-6,8,13H2,1H3. The van der Waals surface area contributed by atoms with Crippen molar-refractivity contribution in [2.24, 2.45) is 0 Å². The number of nitrogens with one attached hydrogen (secondary N) is 1. The van der Waals surface area contributed by atoms with Crippen molar-refractivity contribution in [3.8, 4) is 0 Å². The van der Waals surface area contributed by atoms with Crippen LogP contribution in [0, 0.1) is 6.92 Å². The van der Waals surface area contributed by atoms with Crippen LogP contribution in [0.2, 0.25) is 0 Å². The molecule has 0 bridgehead atoms. The van der Waals surface area contributed by atoms with E-state index >= 15 is 0 Å². The molecule has 1 aliphatic carbocycles. The smallest absolute Gasteiger partial charge is 0.0819 e. The van der Waals surface area contributed by atoms with Crippen LogP contribution in [0.25, 0.3) is 0 Å². The first-order chi connectivity index (χ1) is 7.09. The number of hydrogen-bond acceptors (Lipinski definition) is 3. The van der Waals surface area contributed by atoms with Crippen molar-refractivity contribution in [3.05, 3.63) is 23.8 Å². The SMILES string of the molecule is Cc1ccc(NCC2(O)CCC2)cc1N. The maximum Gasteiger partial charge on any atom is 0.0819 e. The summed E-state index contributed by atoms with van der Waals surface area (Å²) < 4.78 is 0. The minimum Gasteiger partial charge on any atom is -0.398 e. The summed E-state index contributed by atoms with van der Waals surface area (Å²) in [6, 6.07) is 5.90. The molecule has 2 rings (SSSR count). The van der Waals surface area contributed by atoms with Gasteiger partial charge in [-0.15, -0.1) is 0 Å². The third-order valence-corrected chi connectivity index (χ3v) is 3.19. The number of anilines is 2. The molecule has 0 radical (unpaired) electrons. The molecular weight excluding hydrogens is 188 g/mol. The highest BCUT2D eigenvalue weighted by atomic mass is 16.3. The van der Waals surface area contributed by atoms with Gasteiger partial charge in [-0.3, -0.25) is 0 Å². The minimum atomic E-state index is -0.486. The van der Waals surface area contributed by atoms with E-state index in [9.17, 15) is 5.11 Å². The Morgan fingerprint density at radius 1 is 1.47 bits per heavy atom. The average Bonchev–Trinajstić information content (AvgIpc) is 2.17. The second-order valence-electron chi connectivity index (χ2n) is 4.50. The summed E-state index contributed by atoms with van der Waals surface area (Å²) >= 11 is 0. The van der Waals surface area contributed by atoms with Gasteiger partial charge in [0, 0.05) is 17.9 Å². The third-order valence-electron chi connectivity index (χ3n) is 3.19. The summed E-state index contributed by atoms with van der Waals surface area (Å²) in [4.78, 5) is 0. The third kappa shape index (κ3) is 2.23. The second-order valence-corrected chi connectivity index (χ2v) is 4.50. The van der Waals surface area contributed by atoms with Gasteiger partial charge in [-0.25, -0.2) is 0 Å². The molecular formula is C12H18N2O. The van der Waals surface area contributed by atoms with Gasteiger partial charge in [-0.2, -0.15) is 0 Å². The fraction of sp³-hybridized carbons (Fsp3) is 0.500. The Morgan fingerprint density at radius 3 is 2.73 bits per heavy atom. The average molecular weight is 206 g/mol. The predicted octanol–water partition coefficient (Wildman–Crippen LogP) is 1.90. The Balaban J connectivity index is 1.96. The summed E-state index contributed by atoms with van der Waals surface area (Å²) in [5, 5.41) is 13.1. The molecule has 82 valence electrons. The number of nitrogens with two attached hydrogens (primary N) is 1. The van der Waals surface area contributed by atoms with Gasteiger partial charge in [0.1, 0.15) is 0 Å². The van der Waals surface area contributed by atoms with E-state index in [2.05, 4.69) is 5.32 Å². The zero-order chi connectivity index (χ0) is 10.9. The van der Waals surface area contributed by atoms with Crippen molar-refractivity contribution in [1.29, 1.82) is 0 Å². The van der Waals surface area contributed by atoms with Crippen LogP contribution in [0.3, 0.4) is 0 Å². The lowest BCUT2D eigenvalue weighted by Crippen LogP contribution is -2.43. The first-order valence-corrected chi connectivity index (χ1v) is 5.41. The Hall–Kier alpha value is -1.22. The monoisotopic (exact) mass is 206 g/mol. The Labute approximate surface area is 90.3 Å². The number of aliphatic hydroxyl groups is 1. The van der Waals surface area contributed by atoms with Gasteiger partial charge in [0.15, 0.2) is 0 Å². The molecule has 0 heterocycles. The zero-order valence-electron chi connectivity index (χ0n) is 9.09. The zero-order valence-corrected chi connectivity index (χ0v) is 9.09. The van der Waals surface area contributed by atoms with Crippen LogP contribution in [0.4, 0.5) is 11.4 Å². The highest BCUT2D eigenvalue weighted by molar-refractivity contribution is 5.58. The van der Waals surface area contributed by atoms with Gasteiger partial charge >= 0.3 is 0 Å². The molecule has 15 heavy (non-hydrogen) atoms. The first kappa shape index (κ1) is 10.3. The Morgan fingerprint density at radius 2 is 2.20 bits per heavy atom. The van der Waals surface area contributed by atoms with E-state index in [1.807, 2.05) is 25.1 Å². The minimum absolute atomic E-state index is 0.486. The lowest BCUT2D eigenvalue weighted by molar-refractivity contribution is -0.0201. The lowest BCUT2D eigenvalue weighted by atomic mass is 9.80. The molecule has 3 nitrogen and oxygen atoms in total. The Bertz CT molecular complexity index is 359. The first-order valence-electron chi connectivity index (χ1n) is 5.41. The highest BCUT2D eigenvalue weighted by Gasteiger charge is 2.33. The largest absolute Gasteiger partial charge is 0.398 e. The van der Waals surface area contributed by atoms with Gasteiger partial charge in [0.05, 0.1) is 5.60 Å². The van der Waals surface area contributed by atoms with Crippen molar-refractivity contribution < 1.29 is 5.11 Å². The molecule has 0 aliphatic heterocycles. The Kier molecular flexibility index (Phi) is 2.57.